The molecular formula is C30H29F5O3. The number of benzene rings is 3. The molecule has 3 nitrogen and oxygen atoms in total. The van der Waals surface area contributed by atoms with E-state index in [0.29, 0.717) is 44.1 Å². The monoisotopic (exact) mass is 532 g/mol. The van der Waals surface area contributed by atoms with Gasteiger partial charge in [-0.1, -0.05) is 55.5 Å². The molecule has 0 spiro atoms. The van der Waals surface area contributed by atoms with Crippen molar-refractivity contribution >= 4 is 0 Å². The van der Waals surface area contributed by atoms with Gasteiger partial charge in [0.15, 0.2) is 23.7 Å². The van der Waals surface area contributed by atoms with Gasteiger partial charge in [0, 0.05) is 23.6 Å². The van der Waals surface area contributed by atoms with Gasteiger partial charge in [-0.3, -0.25) is 0 Å². The van der Waals surface area contributed by atoms with Gasteiger partial charge in [-0.05, 0) is 48.3 Å². The van der Waals surface area contributed by atoms with Gasteiger partial charge in [-0.25, -0.2) is 13.2 Å². The van der Waals surface area contributed by atoms with Crippen LogP contribution in [0.3, 0.4) is 0 Å². The second-order valence-electron chi connectivity index (χ2n) is 10.3. The van der Waals surface area contributed by atoms with E-state index in [4.69, 9.17) is 9.47 Å². The molecule has 202 valence electrons. The Morgan fingerprint density at radius 1 is 0.737 bits per heavy atom. The third kappa shape index (κ3) is 5.86. The zero-order valence-corrected chi connectivity index (χ0v) is 20.9. The molecule has 2 aliphatic rings. The number of halogens is 5. The highest BCUT2D eigenvalue weighted by atomic mass is 19.3. The summed E-state index contributed by atoms with van der Waals surface area (Å²) in [6.07, 6.45) is -2.51. The summed E-state index contributed by atoms with van der Waals surface area (Å²) in [5, 5.41) is 0. The number of alkyl halides is 2. The highest BCUT2D eigenvalue weighted by Crippen LogP contribution is 2.43. The van der Waals surface area contributed by atoms with E-state index in [1.165, 1.54) is 0 Å². The fraction of sp³-hybridized carbons (Fsp3) is 0.400. The quantitative estimate of drug-likeness (QED) is 0.236. The second kappa shape index (κ2) is 11.0. The first-order valence-corrected chi connectivity index (χ1v) is 12.8. The molecule has 1 saturated carbocycles. The van der Waals surface area contributed by atoms with Crippen molar-refractivity contribution in [2.24, 2.45) is 11.8 Å². The minimum Gasteiger partial charge on any atom is -0.432 e. The second-order valence-corrected chi connectivity index (χ2v) is 10.3. The maximum atomic E-state index is 14.7. The van der Waals surface area contributed by atoms with E-state index in [1.807, 2.05) is 48.5 Å². The van der Waals surface area contributed by atoms with E-state index in [9.17, 15) is 22.0 Å². The predicted molar refractivity (Wildman–Crippen MR) is 132 cm³/mol. The van der Waals surface area contributed by atoms with Crippen molar-refractivity contribution in [2.45, 2.75) is 50.9 Å². The highest BCUT2D eigenvalue weighted by molar-refractivity contribution is 5.64. The van der Waals surface area contributed by atoms with Crippen LogP contribution in [0.5, 0.6) is 5.75 Å². The highest BCUT2D eigenvalue weighted by Gasteiger charge is 2.44. The summed E-state index contributed by atoms with van der Waals surface area (Å²) < 4.78 is 85.5. The Labute approximate surface area is 218 Å². The van der Waals surface area contributed by atoms with E-state index in [0.717, 1.165) is 22.3 Å². The molecule has 0 unspecified atom stereocenters. The molecule has 3 aromatic rings. The maximum absolute atomic E-state index is 14.7. The van der Waals surface area contributed by atoms with Crippen LogP contribution >= 0.6 is 0 Å². The first-order valence-electron chi connectivity index (χ1n) is 12.8. The lowest BCUT2D eigenvalue weighted by atomic mass is 9.78. The van der Waals surface area contributed by atoms with Crippen LogP contribution in [0.1, 0.15) is 55.9 Å². The van der Waals surface area contributed by atoms with Gasteiger partial charge in [0.2, 0.25) is 0 Å². The molecule has 0 atom stereocenters. The SMILES string of the molecule is CC1COC(c2ccc(-c3ccc(C4CCC(C(F)(F)Oc5cc(F)c(F)c(F)c5)CC4)cc3)cc2)OC1. The predicted octanol–water partition coefficient (Wildman–Crippen LogP) is 8.40. The summed E-state index contributed by atoms with van der Waals surface area (Å²) in [7, 11) is 0. The average Bonchev–Trinajstić information content (AvgIpc) is 2.92. The minimum atomic E-state index is -3.62. The molecule has 38 heavy (non-hydrogen) atoms. The van der Waals surface area contributed by atoms with Crippen LogP contribution in [0.15, 0.2) is 60.7 Å². The molecule has 0 aromatic heterocycles. The smallest absolute Gasteiger partial charge is 0.400 e. The number of hydrogen-bond donors (Lipinski definition) is 0. The summed E-state index contributed by atoms with van der Waals surface area (Å²) in [6, 6.07) is 17.0. The standard InChI is InChI=1S/C30H29F5O3/c1-18-16-36-29(37-17-18)23-8-6-21(7-9-23)19-2-4-20(5-3-19)22-10-12-24(13-11-22)30(34,35)38-25-14-26(31)28(33)27(32)15-25/h2-9,14-15,18,22,24,29H,10-13,16-17H2,1H3. The lowest BCUT2D eigenvalue weighted by molar-refractivity contribution is -0.222. The van der Waals surface area contributed by atoms with Crippen molar-refractivity contribution in [1.82, 2.24) is 0 Å². The van der Waals surface area contributed by atoms with E-state index in [1.54, 1.807) is 0 Å². The molecule has 1 saturated heterocycles. The molecule has 3 aromatic carbocycles. The van der Waals surface area contributed by atoms with E-state index < -0.39 is 35.2 Å². The number of rotatable bonds is 6. The number of ether oxygens (including phenoxy) is 3. The van der Waals surface area contributed by atoms with Crippen molar-refractivity contribution in [2.75, 3.05) is 13.2 Å². The molecule has 2 fully saturated rings. The summed E-state index contributed by atoms with van der Waals surface area (Å²) in [5.41, 5.74) is 4.16. The van der Waals surface area contributed by atoms with Gasteiger partial charge in [-0.15, -0.1) is 0 Å². The zero-order chi connectivity index (χ0) is 26.9. The third-order valence-corrected chi connectivity index (χ3v) is 7.38. The Balaban J connectivity index is 1.17. The Kier molecular flexibility index (Phi) is 7.73. The maximum Gasteiger partial charge on any atom is 0.400 e. The van der Waals surface area contributed by atoms with Crippen molar-refractivity contribution in [3.63, 3.8) is 0 Å². The van der Waals surface area contributed by atoms with Crippen LogP contribution in [-0.4, -0.2) is 19.3 Å². The Morgan fingerprint density at radius 3 is 1.76 bits per heavy atom. The topological polar surface area (TPSA) is 27.7 Å². The lowest BCUT2D eigenvalue weighted by Crippen LogP contribution is -2.37. The summed E-state index contributed by atoms with van der Waals surface area (Å²) in [6.45, 7) is 3.43. The fourth-order valence-corrected chi connectivity index (χ4v) is 5.17. The molecule has 5 rings (SSSR count). The molecule has 1 heterocycles. The molecular weight excluding hydrogens is 503 g/mol. The van der Waals surface area contributed by atoms with Crippen LogP contribution in [0, 0.1) is 29.3 Å². The van der Waals surface area contributed by atoms with Crippen molar-refractivity contribution in [1.29, 1.82) is 0 Å². The van der Waals surface area contributed by atoms with Crippen LogP contribution < -0.4 is 4.74 Å². The van der Waals surface area contributed by atoms with Gasteiger partial charge in [-0.2, -0.15) is 8.78 Å². The normalized spacial score (nSPS) is 24.3. The Hall–Kier alpha value is -2.97. The fourth-order valence-electron chi connectivity index (χ4n) is 5.17. The summed E-state index contributed by atoms with van der Waals surface area (Å²) in [5.74, 6) is -6.17. The van der Waals surface area contributed by atoms with E-state index in [-0.39, 0.29) is 25.0 Å². The van der Waals surface area contributed by atoms with Gasteiger partial charge in [0.1, 0.15) is 5.75 Å². The molecule has 0 radical (unpaired) electrons. The van der Waals surface area contributed by atoms with Crippen molar-refractivity contribution in [3.05, 3.63) is 89.2 Å². The van der Waals surface area contributed by atoms with Crippen LogP contribution in [0.4, 0.5) is 22.0 Å². The van der Waals surface area contributed by atoms with Crippen molar-refractivity contribution < 1.29 is 36.2 Å². The average molecular weight is 533 g/mol. The number of hydrogen-bond acceptors (Lipinski definition) is 3. The molecule has 1 aliphatic carbocycles. The largest absolute Gasteiger partial charge is 0.432 e. The van der Waals surface area contributed by atoms with Gasteiger partial charge < -0.3 is 14.2 Å². The van der Waals surface area contributed by atoms with Gasteiger partial charge in [0.05, 0.1) is 19.1 Å². The molecule has 0 amide bonds. The Morgan fingerprint density at radius 2 is 1.24 bits per heavy atom. The molecule has 0 bridgehead atoms. The Bertz CT molecular complexity index is 1210. The molecule has 8 heteroatoms. The first kappa shape index (κ1) is 26.6. The van der Waals surface area contributed by atoms with E-state index >= 15 is 0 Å². The minimum absolute atomic E-state index is 0.127. The third-order valence-electron chi connectivity index (χ3n) is 7.38. The summed E-state index contributed by atoms with van der Waals surface area (Å²) >= 11 is 0. The van der Waals surface area contributed by atoms with Gasteiger partial charge >= 0.3 is 6.11 Å². The van der Waals surface area contributed by atoms with Crippen LogP contribution in [0.2, 0.25) is 0 Å². The van der Waals surface area contributed by atoms with Gasteiger partial charge in [0.25, 0.3) is 0 Å². The van der Waals surface area contributed by atoms with Crippen molar-refractivity contribution in [3.8, 4) is 16.9 Å². The first-order chi connectivity index (χ1) is 18.2. The van der Waals surface area contributed by atoms with Crippen LogP contribution in [0.25, 0.3) is 11.1 Å². The lowest BCUT2D eigenvalue weighted by Gasteiger charge is -2.33. The summed E-state index contributed by atoms with van der Waals surface area (Å²) in [4.78, 5) is 0. The van der Waals surface area contributed by atoms with E-state index in [2.05, 4.69) is 11.7 Å². The molecule has 0 N–H and O–H groups in total. The van der Waals surface area contributed by atoms with Crippen LogP contribution in [-0.2, 0) is 9.47 Å². The molecule has 1 aliphatic heterocycles. The zero-order valence-electron chi connectivity index (χ0n) is 20.9.